The summed E-state index contributed by atoms with van der Waals surface area (Å²) >= 11 is 0. The molecule has 0 saturated carbocycles. The van der Waals surface area contributed by atoms with E-state index in [0.29, 0.717) is 0 Å². The zero-order chi connectivity index (χ0) is 13.2. The van der Waals surface area contributed by atoms with Crippen LogP contribution < -0.4 is 0 Å². The largest absolute Gasteiger partial charge is 0.396 e. The number of tetrazole rings is 1. The minimum Gasteiger partial charge on any atom is -0.396 e. The third-order valence-electron chi connectivity index (χ3n) is 3.66. The van der Waals surface area contributed by atoms with Crippen LogP contribution in [-0.2, 0) is 6.54 Å². The molecule has 1 fully saturated rings. The quantitative estimate of drug-likeness (QED) is 0.861. The zero-order valence-corrected chi connectivity index (χ0v) is 11.5. The molecule has 0 amide bonds. The number of rotatable bonds is 4. The Kier molecular flexibility index (Phi) is 3.97. The summed E-state index contributed by atoms with van der Waals surface area (Å²) in [4.78, 5) is 2.34. The molecule has 1 aromatic heterocycles. The van der Waals surface area contributed by atoms with E-state index in [1.54, 1.807) is 0 Å². The fraction of sp³-hybridized carbons (Fsp3) is 0.917. The highest BCUT2D eigenvalue weighted by atomic mass is 16.3. The van der Waals surface area contributed by atoms with Crippen LogP contribution in [-0.4, -0.2) is 49.9 Å². The number of hydrogen-bond acceptors (Lipinski definition) is 5. The van der Waals surface area contributed by atoms with E-state index in [0.717, 1.165) is 38.3 Å². The van der Waals surface area contributed by atoms with E-state index in [4.69, 9.17) is 0 Å². The SMILES string of the molecule is CC(C)n1nnnc1CN1CCCC(C)(CO)C1. The summed E-state index contributed by atoms with van der Waals surface area (Å²) in [6.45, 7) is 9.28. The van der Waals surface area contributed by atoms with Crippen LogP contribution in [0.3, 0.4) is 0 Å². The van der Waals surface area contributed by atoms with E-state index in [9.17, 15) is 5.11 Å². The molecule has 2 heterocycles. The van der Waals surface area contributed by atoms with Crippen molar-refractivity contribution >= 4 is 0 Å². The van der Waals surface area contributed by atoms with Gasteiger partial charge in [-0.2, -0.15) is 0 Å². The van der Waals surface area contributed by atoms with Gasteiger partial charge >= 0.3 is 0 Å². The molecule has 0 aliphatic carbocycles. The van der Waals surface area contributed by atoms with Crippen LogP contribution in [0.5, 0.6) is 0 Å². The minimum absolute atomic E-state index is 0.0222. The summed E-state index contributed by atoms with van der Waals surface area (Å²) < 4.78 is 1.87. The highest BCUT2D eigenvalue weighted by Gasteiger charge is 2.31. The fourth-order valence-corrected chi connectivity index (χ4v) is 2.61. The molecular formula is C12H23N5O. The van der Waals surface area contributed by atoms with Crippen LogP contribution >= 0.6 is 0 Å². The van der Waals surface area contributed by atoms with Gasteiger partial charge in [-0.1, -0.05) is 6.92 Å². The van der Waals surface area contributed by atoms with E-state index >= 15 is 0 Å². The van der Waals surface area contributed by atoms with Gasteiger partial charge in [-0.3, -0.25) is 4.90 Å². The molecule has 0 aromatic carbocycles. The molecular weight excluding hydrogens is 230 g/mol. The Morgan fingerprint density at radius 3 is 2.89 bits per heavy atom. The fourth-order valence-electron chi connectivity index (χ4n) is 2.61. The van der Waals surface area contributed by atoms with E-state index in [2.05, 4.69) is 41.2 Å². The lowest BCUT2D eigenvalue weighted by Gasteiger charge is -2.39. The molecule has 1 saturated heterocycles. The Labute approximate surface area is 108 Å². The Bertz CT molecular complexity index is 392. The summed E-state index contributed by atoms with van der Waals surface area (Å²) in [6.07, 6.45) is 2.22. The molecule has 6 nitrogen and oxygen atoms in total. The molecule has 1 unspecified atom stereocenters. The van der Waals surface area contributed by atoms with Crippen molar-refractivity contribution in [2.75, 3.05) is 19.7 Å². The first kappa shape index (κ1) is 13.4. The molecule has 1 aromatic rings. The lowest BCUT2D eigenvalue weighted by Crippen LogP contribution is -2.43. The zero-order valence-electron chi connectivity index (χ0n) is 11.5. The van der Waals surface area contributed by atoms with Crippen molar-refractivity contribution in [1.82, 2.24) is 25.1 Å². The predicted octanol–water partition coefficient (Wildman–Crippen LogP) is 0.848. The molecule has 2 rings (SSSR count). The van der Waals surface area contributed by atoms with E-state index in [1.165, 1.54) is 0 Å². The van der Waals surface area contributed by atoms with E-state index in [1.807, 2.05) is 4.68 Å². The van der Waals surface area contributed by atoms with Crippen molar-refractivity contribution in [2.24, 2.45) is 5.41 Å². The van der Waals surface area contributed by atoms with Gasteiger partial charge in [0.1, 0.15) is 0 Å². The molecule has 1 atom stereocenters. The van der Waals surface area contributed by atoms with Gasteiger partial charge in [-0.25, -0.2) is 4.68 Å². The number of aliphatic hydroxyl groups excluding tert-OH is 1. The van der Waals surface area contributed by atoms with Crippen LogP contribution in [0.2, 0.25) is 0 Å². The molecule has 6 heteroatoms. The summed E-state index contributed by atoms with van der Waals surface area (Å²) in [5.41, 5.74) is 0.0222. The van der Waals surface area contributed by atoms with Crippen molar-refractivity contribution in [2.45, 2.75) is 46.2 Å². The maximum Gasteiger partial charge on any atom is 0.165 e. The monoisotopic (exact) mass is 253 g/mol. The average Bonchev–Trinajstić information content (AvgIpc) is 2.77. The van der Waals surface area contributed by atoms with Crippen LogP contribution in [0.15, 0.2) is 0 Å². The lowest BCUT2D eigenvalue weighted by molar-refractivity contribution is 0.0409. The molecule has 0 spiro atoms. The van der Waals surface area contributed by atoms with E-state index < -0.39 is 0 Å². The smallest absolute Gasteiger partial charge is 0.165 e. The molecule has 102 valence electrons. The molecule has 1 aliphatic rings. The molecule has 0 bridgehead atoms. The van der Waals surface area contributed by atoms with E-state index in [-0.39, 0.29) is 18.1 Å². The van der Waals surface area contributed by atoms with Crippen molar-refractivity contribution in [1.29, 1.82) is 0 Å². The second-order valence-corrected chi connectivity index (χ2v) is 5.92. The van der Waals surface area contributed by atoms with Gasteiger partial charge in [0.05, 0.1) is 12.6 Å². The number of nitrogens with zero attached hydrogens (tertiary/aromatic N) is 5. The van der Waals surface area contributed by atoms with Gasteiger partial charge in [0.25, 0.3) is 0 Å². The van der Waals surface area contributed by atoms with Crippen LogP contribution in [0.25, 0.3) is 0 Å². The number of piperidine rings is 1. The average molecular weight is 253 g/mol. The molecule has 18 heavy (non-hydrogen) atoms. The highest BCUT2D eigenvalue weighted by Crippen LogP contribution is 2.29. The Morgan fingerprint density at radius 2 is 2.22 bits per heavy atom. The van der Waals surface area contributed by atoms with Crippen LogP contribution in [0, 0.1) is 5.41 Å². The van der Waals surface area contributed by atoms with Gasteiger partial charge in [0, 0.05) is 18.6 Å². The molecule has 1 N–H and O–H groups in total. The first-order chi connectivity index (χ1) is 8.54. The number of aliphatic hydroxyl groups is 1. The van der Waals surface area contributed by atoms with Gasteiger partial charge in [-0.05, 0) is 43.7 Å². The molecule has 1 aliphatic heterocycles. The first-order valence-corrected chi connectivity index (χ1v) is 6.64. The van der Waals surface area contributed by atoms with Crippen molar-refractivity contribution < 1.29 is 5.11 Å². The van der Waals surface area contributed by atoms with Crippen LogP contribution in [0.4, 0.5) is 0 Å². The number of likely N-dealkylation sites (tertiary alicyclic amines) is 1. The second-order valence-electron chi connectivity index (χ2n) is 5.92. The summed E-state index contributed by atoms with van der Waals surface area (Å²) in [5, 5.41) is 21.3. The van der Waals surface area contributed by atoms with Crippen molar-refractivity contribution in [3.63, 3.8) is 0 Å². The lowest BCUT2D eigenvalue weighted by atomic mass is 9.83. The van der Waals surface area contributed by atoms with Gasteiger partial charge in [0.2, 0.25) is 0 Å². The summed E-state index contributed by atoms with van der Waals surface area (Å²) in [5.74, 6) is 0.909. The highest BCUT2D eigenvalue weighted by molar-refractivity contribution is 4.88. The summed E-state index contributed by atoms with van der Waals surface area (Å²) in [7, 11) is 0. The van der Waals surface area contributed by atoms with Crippen LogP contribution in [0.1, 0.15) is 45.5 Å². The molecule has 0 radical (unpaired) electrons. The maximum absolute atomic E-state index is 9.46. The van der Waals surface area contributed by atoms with Crippen molar-refractivity contribution in [3.8, 4) is 0 Å². The number of aromatic nitrogens is 4. The number of hydrogen-bond donors (Lipinski definition) is 1. The third kappa shape index (κ3) is 2.87. The Balaban J connectivity index is 2.03. The standard InChI is InChI=1S/C12H23N5O/c1-10(2)17-11(13-14-15-17)7-16-6-4-5-12(3,8-16)9-18/h10,18H,4-9H2,1-3H3. The normalized spacial score (nSPS) is 25.8. The summed E-state index contributed by atoms with van der Waals surface area (Å²) in [6, 6.07) is 0.281. The maximum atomic E-state index is 9.46. The first-order valence-electron chi connectivity index (χ1n) is 6.64. The second kappa shape index (κ2) is 5.32. The Morgan fingerprint density at radius 1 is 1.44 bits per heavy atom. The van der Waals surface area contributed by atoms with Gasteiger partial charge < -0.3 is 5.11 Å². The topological polar surface area (TPSA) is 67.1 Å². The van der Waals surface area contributed by atoms with Gasteiger partial charge in [-0.15, -0.1) is 5.10 Å². The predicted molar refractivity (Wildman–Crippen MR) is 67.9 cm³/mol. The third-order valence-corrected chi connectivity index (χ3v) is 3.66. The minimum atomic E-state index is 0.0222. The van der Waals surface area contributed by atoms with Crippen molar-refractivity contribution in [3.05, 3.63) is 5.82 Å². The van der Waals surface area contributed by atoms with Gasteiger partial charge in [0.15, 0.2) is 5.82 Å². The Hall–Kier alpha value is -1.01.